The number of alkyl halides is 6. The second-order valence-corrected chi connectivity index (χ2v) is 7.76. The number of aryl methyl sites for hydroxylation is 1. The number of pyridine rings is 1. The molecule has 200 valence electrons. The summed E-state index contributed by atoms with van der Waals surface area (Å²) in [6.07, 6.45) is -9.23. The van der Waals surface area contributed by atoms with Gasteiger partial charge in [0.1, 0.15) is 5.75 Å². The van der Waals surface area contributed by atoms with E-state index in [1.165, 1.54) is 12.1 Å². The number of hydrazine groups is 1. The molecule has 6 N–H and O–H groups in total. The predicted molar refractivity (Wildman–Crippen MR) is 123 cm³/mol. The zero-order valence-electron chi connectivity index (χ0n) is 19.4. The molecule has 0 amide bonds. The van der Waals surface area contributed by atoms with Crippen LogP contribution in [0.2, 0.25) is 0 Å². The Morgan fingerprint density at radius 2 is 1.89 bits per heavy atom. The summed E-state index contributed by atoms with van der Waals surface area (Å²) in [5.74, 6) is 4.56. The van der Waals surface area contributed by atoms with Crippen molar-refractivity contribution in [3.8, 4) is 28.3 Å². The highest BCUT2D eigenvalue weighted by atomic mass is 19.4. The number of hydrogen-bond donors (Lipinski definition) is 4. The third-order valence-electron chi connectivity index (χ3n) is 5.17. The van der Waals surface area contributed by atoms with Crippen molar-refractivity contribution in [2.75, 3.05) is 6.61 Å². The van der Waals surface area contributed by atoms with E-state index >= 15 is 0 Å². The number of hydrazone groups is 1. The van der Waals surface area contributed by atoms with E-state index in [4.69, 9.17) is 16.3 Å². The fraction of sp³-hybridized carbons (Fsp3) is 0.318. The van der Waals surface area contributed by atoms with Gasteiger partial charge in [-0.05, 0) is 43.7 Å². The summed E-state index contributed by atoms with van der Waals surface area (Å²) in [4.78, 5) is 15.3. The number of rotatable bonds is 9. The third-order valence-corrected chi connectivity index (χ3v) is 5.17. The number of halogens is 6. The molecule has 0 saturated heterocycles. The van der Waals surface area contributed by atoms with Crippen LogP contribution in [-0.2, 0) is 12.7 Å². The van der Waals surface area contributed by atoms with E-state index in [1.54, 1.807) is 16.9 Å². The molecular formula is C22H23F6N7O2. The second-order valence-electron chi connectivity index (χ2n) is 7.76. The number of benzene rings is 1. The number of nitrogens with one attached hydrogen (secondary N) is 2. The topological polar surface area (TPSA) is 136 Å². The van der Waals surface area contributed by atoms with Crippen molar-refractivity contribution in [2.24, 2.45) is 16.7 Å². The summed E-state index contributed by atoms with van der Waals surface area (Å²) in [7, 11) is 0. The summed E-state index contributed by atoms with van der Waals surface area (Å²) < 4.78 is 85.5. The van der Waals surface area contributed by atoms with Crippen molar-refractivity contribution in [3.05, 3.63) is 58.0 Å². The molecule has 0 radical (unpaired) electrons. The summed E-state index contributed by atoms with van der Waals surface area (Å²) in [6, 6.07) is 5.71. The van der Waals surface area contributed by atoms with Gasteiger partial charge in [-0.3, -0.25) is 9.48 Å². The number of ether oxygens (including phenoxy) is 1. The average Bonchev–Trinajstić information content (AvgIpc) is 3.29. The third kappa shape index (κ3) is 6.81. The van der Waals surface area contributed by atoms with E-state index in [9.17, 15) is 31.1 Å². The van der Waals surface area contributed by atoms with Crippen LogP contribution in [0, 0.1) is 0 Å². The van der Waals surface area contributed by atoms with Crippen LogP contribution in [0.1, 0.15) is 30.9 Å². The highest BCUT2D eigenvalue weighted by Crippen LogP contribution is 2.39. The molecule has 0 bridgehead atoms. The average molecular weight is 531 g/mol. The monoisotopic (exact) mass is 531 g/mol. The minimum absolute atomic E-state index is 0.100. The van der Waals surface area contributed by atoms with E-state index in [0.29, 0.717) is 12.6 Å². The Kier molecular flexibility index (Phi) is 8.15. The summed E-state index contributed by atoms with van der Waals surface area (Å²) in [5.41, 5.74) is 5.38. The molecule has 1 aromatic carbocycles. The molecule has 0 aliphatic heterocycles. The molecule has 0 spiro atoms. The van der Waals surface area contributed by atoms with Crippen molar-refractivity contribution < 1.29 is 31.1 Å². The van der Waals surface area contributed by atoms with Crippen LogP contribution in [-0.4, -0.2) is 33.4 Å². The van der Waals surface area contributed by atoms with Crippen molar-refractivity contribution in [2.45, 2.75) is 38.7 Å². The summed E-state index contributed by atoms with van der Waals surface area (Å²) >= 11 is 0. The van der Waals surface area contributed by atoms with Gasteiger partial charge in [0, 0.05) is 36.0 Å². The largest absolute Gasteiger partial charge is 0.494 e. The molecule has 0 fully saturated rings. The highest BCUT2D eigenvalue weighted by Gasteiger charge is 2.35. The Labute approximate surface area is 206 Å². The number of amidine groups is 1. The molecule has 3 aromatic rings. The van der Waals surface area contributed by atoms with Crippen LogP contribution in [0.3, 0.4) is 0 Å². The maximum atomic E-state index is 14.0. The van der Waals surface area contributed by atoms with Crippen LogP contribution in [0.15, 0.2) is 46.4 Å². The van der Waals surface area contributed by atoms with Gasteiger partial charge in [0.25, 0.3) is 5.56 Å². The molecule has 0 aliphatic rings. The van der Waals surface area contributed by atoms with Crippen molar-refractivity contribution in [1.29, 1.82) is 0 Å². The Morgan fingerprint density at radius 3 is 2.49 bits per heavy atom. The van der Waals surface area contributed by atoms with Crippen LogP contribution in [0.25, 0.3) is 22.5 Å². The fourth-order valence-corrected chi connectivity index (χ4v) is 3.51. The van der Waals surface area contributed by atoms with E-state index in [0.717, 1.165) is 6.07 Å². The van der Waals surface area contributed by atoms with Crippen LogP contribution < -0.4 is 27.4 Å². The summed E-state index contributed by atoms with van der Waals surface area (Å²) in [5, 5.41) is 7.89. The number of nitrogens with zero attached hydrogens (tertiary/aromatic N) is 3. The smallest absolute Gasteiger partial charge is 0.417 e. The van der Waals surface area contributed by atoms with Gasteiger partial charge in [0.05, 0.1) is 23.4 Å². The van der Waals surface area contributed by atoms with Gasteiger partial charge in [0.2, 0.25) is 0 Å². The maximum Gasteiger partial charge on any atom is 0.417 e. The van der Waals surface area contributed by atoms with E-state index in [1.807, 2.05) is 12.5 Å². The molecule has 0 atom stereocenters. The van der Waals surface area contributed by atoms with Gasteiger partial charge in [0.15, 0.2) is 5.84 Å². The number of hydrogen-bond acceptors (Lipinski definition) is 6. The van der Waals surface area contributed by atoms with Crippen molar-refractivity contribution >= 4 is 5.84 Å². The molecule has 9 nitrogen and oxygen atoms in total. The van der Waals surface area contributed by atoms with Gasteiger partial charge in [-0.15, -0.1) is 5.10 Å². The molecule has 0 aliphatic carbocycles. The van der Waals surface area contributed by atoms with Crippen LogP contribution in [0.5, 0.6) is 5.75 Å². The van der Waals surface area contributed by atoms with E-state index in [-0.39, 0.29) is 34.1 Å². The number of H-pyrrole nitrogens is 1. The number of nitrogens with two attached hydrogens (primary N) is 2. The van der Waals surface area contributed by atoms with Crippen molar-refractivity contribution in [3.63, 3.8) is 0 Å². The maximum absolute atomic E-state index is 14.0. The first kappa shape index (κ1) is 27.6. The van der Waals surface area contributed by atoms with Gasteiger partial charge >= 0.3 is 12.4 Å². The van der Waals surface area contributed by atoms with Gasteiger partial charge in [-0.25, -0.2) is 11.4 Å². The molecule has 37 heavy (non-hydrogen) atoms. The second kappa shape index (κ2) is 10.9. The van der Waals surface area contributed by atoms with Gasteiger partial charge in [-0.2, -0.15) is 31.4 Å². The molecule has 0 unspecified atom stereocenters. The Bertz CT molecular complexity index is 1330. The SMILES string of the molecule is CCn1ccc(-c2cc(-c3ccc(OCCCC(F)(F)F)cc3C(F)(F)F)[nH]c(=O)c2/C(N)=N/NN)n1. The predicted octanol–water partition coefficient (Wildman–Crippen LogP) is 3.75. The Balaban J connectivity index is 2.10. The first-order chi connectivity index (χ1) is 17.3. The molecule has 0 saturated carbocycles. The van der Waals surface area contributed by atoms with Crippen LogP contribution in [0.4, 0.5) is 26.3 Å². The lowest BCUT2D eigenvalue weighted by Crippen LogP contribution is -2.30. The minimum Gasteiger partial charge on any atom is -0.494 e. The Hall–Kier alpha value is -4.01. The fourth-order valence-electron chi connectivity index (χ4n) is 3.51. The van der Waals surface area contributed by atoms with Crippen LogP contribution >= 0.6 is 0 Å². The lowest BCUT2D eigenvalue weighted by atomic mass is 9.98. The Morgan fingerprint density at radius 1 is 1.16 bits per heavy atom. The quantitative estimate of drug-likeness (QED) is 0.0829. The first-order valence-corrected chi connectivity index (χ1v) is 10.9. The lowest BCUT2D eigenvalue weighted by molar-refractivity contribution is -0.137. The first-order valence-electron chi connectivity index (χ1n) is 10.9. The minimum atomic E-state index is -4.88. The normalized spacial score (nSPS) is 12.6. The zero-order valence-corrected chi connectivity index (χ0v) is 19.4. The highest BCUT2D eigenvalue weighted by molar-refractivity contribution is 6.03. The summed E-state index contributed by atoms with van der Waals surface area (Å²) in [6.45, 7) is 1.87. The molecule has 2 heterocycles. The standard InChI is InChI=1S/C22H23F6N7O2/c1-2-35-8-6-16(33-35)14-11-17(31-20(36)18(14)19(29)32-34-30)13-5-4-12(10-15(13)22(26,27)28)37-9-3-7-21(23,24)25/h4-6,8,10-11,34H,2-3,7,9,30H2,1H3,(H2,29,32)(H,31,36). The van der Waals surface area contributed by atoms with Gasteiger partial charge < -0.3 is 15.5 Å². The molecule has 3 rings (SSSR count). The van der Waals surface area contributed by atoms with Gasteiger partial charge in [-0.1, -0.05) is 0 Å². The molecule has 2 aromatic heterocycles. The number of aromatic nitrogens is 3. The number of aromatic amines is 1. The van der Waals surface area contributed by atoms with E-state index < -0.39 is 48.5 Å². The van der Waals surface area contributed by atoms with Crippen molar-refractivity contribution in [1.82, 2.24) is 20.3 Å². The molecule has 15 heteroatoms. The zero-order chi connectivity index (χ0) is 27.4. The molecular weight excluding hydrogens is 508 g/mol. The lowest BCUT2D eigenvalue weighted by Gasteiger charge is -2.17. The van der Waals surface area contributed by atoms with E-state index in [2.05, 4.69) is 15.2 Å².